The molecular formula is C25H33BN6O3. The van der Waals surface area contributed by atoms with Gasteiger partial charge in [0.2, 0.25) is 0 Å². The average molecular weight is 476 g/mol. The molecule has 184 valence electrons. The Morgan fingerprint density at radius 1 is 1.09 bits per heavy atom. The van der Waals surface area contributed by atoms with E-state index in [1.165, 1.54) is 4.80 Å². The van der Waals surface area contributed by atoms with Crippen LogP contribution >= 0.6 is 0 Å². The maximum atomic E-state index is 13.8. The van der Waals surface area contributed by atoms with Gasteiger partial charge in [-0.05, 0) is 66.0 Å². The van der Waals surface area contributed by atoms with Crippen LogP contribution in [0.4, 0.5) is 0 Å². The third-order valence-corrected chi connectivity index (χ3v) is 7.48. The third kappa shape index (κ3) is 4.52. The first-order chi connectivity index (χ1) is 16.6. The van der Waals surface area contributed by atoms with Crippen LogP contribution in [-0.4, -0.2) is 66.5 Å². The summed E-state index contributed by atoms with van der Waals surface area (Å²) >= 11 is 0. The SMILES string of the molecule is Cc1ccc(-n2nccn2)c(C(=O)N2CCCC[C@H]2Cn2cc(B3OC(C)(C)C(C)(C)O3)cn2)c1. The van der Waals surface area contributed by atoms with Gasteiger partial charge in [-0.3, -0.25) is 9.48 Å². The molecule has 1 amide bonds. The van der Waals surface area contributed by atoms with Gasteiger partial charge in [-0.1, -0.05) is 11.6 Å². The van der Waals surface area contributed by atoms with Gasteiger partial charge in [-0.25, -0.2) is 0 Å². The quantitative estimate of drug-likeness (QED) is 0.527. The van der Waals surface area contributed by atoms with Crippen molar-refractivity contribution in [1.29, 1.82) is 0 Å². The van der Waals surface area contributed by atoms with Crippen molar-refractivity contribution in [2.75, 3.05) is 6.54 Å². The van der Waals surface area contributed by atoms with Crippen LogP contribution in [0.15, 0.2) is 43.0 Å². The Kier molecular flexibility index (Phi) is 6.05. The molecule has 1 atom stereocenters. The van der Waals surface area contributed by atoms with E-state index in [1.807, 2.05) is 68.6 Å². The van der Waals surface area contributed by atoms with Gasteiger partial charge in [-0.2, -0.15) is 20.1 Å². The molecule has 5 rings (SSSR count). The first kappa shape index (κ1) is 23.8. The molecule has 0 bridgehead atoms. The van der Waals surface area contributed by atoms with E-state index in [0.29, 0.717) is 17.8 Å². The number of aromatic nitrogens is 5. The molecule has 3 aromatic rings. The predicted molar refractivity (Wildman–Crippen MR) is 133 cm³/mol. The molecule has 2 aliphatic rings. The van der Waals surface area contributed by atoms with E-state index in [1.54, 1.807) is 18.6 Å². The van der Waals surface area contributed by atoms with Crippen molar-refractivity contribution in [3.8, 4) is 5.69 Å². The molecule has 0 N–H and O–H groups in total. The summed E-state index contributed by atoms with van der Waals surface area (Å²) in [6.45, 7) is 11.5. The van der Waals surface area contributed by atoms with Gasteiger partial charge in [0.25, 0.3) is 5.91 Å². The van der Waals surface area contributed by atoms with Crippen molar-refractivity contribution in [2.24, 2.45) is 0 Å². The van der Waals surface area contributed by atoms with Crippen molar-refractivity contribution in [2.45, 2.75) is 77.7 Å². The number of aryl methyl sites for hydroxylation is 1. The predicted octanol–water partition coefficient (Wildman–Crippen LogP) is 2.77. The Labute approximate surface area is 206 Å². The van der Waals surface area contributed by atoms with Gasteiger partial charge in [0.05, 0.1) is 47.4 Å². The lowest BCUT2D eigenvalue weighted by atomic mass is 9.82. The molecule has 0 spiro atoms. The fourth-order valence-corrected chi connectivity index (χ4v) is 4.74. The first-order valence-corrected chi connectivity index (χ1v) is 12.3. The largest absolute Gasteiger partial charge is 0.498 e. The Balaban J connectivity index is 1.36. The highest BCUT2D eigenvalue weighted by molar-refractivity contribution is 6.62. The lowest BCUT2D eigenvalue weighted by Crippen LogP contribution is -2.46. The Morgan fingerprint density at radius 3 is 2.51 bits per heavy atom. The molecule has 2 fully saturated rings. The molecule has 2 aromatic heterocycles. The minimum absolute atomic E-state index is 0.00374. The minimum Gasteiger partial charge on any atom is -0.399 e. The van der Waals surface area contributed by atoms with Gasteiger partial charge in [0.15, 0.2) is 0 Å². The number of carbonyl (C=O) groups excluding carboxylic acids is 1. The van der Waals surface area contributed by atoms with Crippen molar-refractivity contribution in [3.63, 3.8) is 0 Å². The zero-order valence-corrected chi connectivity index (χ0v) is 21.1. The molecule has 0 radical (unpaired) electrons. The van der Waals surface area contributed by atoms with E-state index in [4.69, 9.17) is 9.31 Å². The lowest BCUT2D eigenvalue weighted by molar-refractivity contribution is 0.00578. The number of hydrogen-bond acceptors (Lipinski definition) is 6. The summed E-state index contributed by atoms with van der Waals surface area (Å²) in [5, 5.41) is 13.1. The zero-order chi connectivity index (χ0) is 24.8. The fourth-order valence-electron chi connectivity index (χ4n) is 4.74. The number of benzene rings is 1. The van der Waals surface area contributed by atoms with E-state index in [2.05, 4.69) is 15.3 Å². The van der Waals surface area contributed by atoms with Crippen molar-refractivity contribution in [1.82, 2.24) is 29.7 Å². The summed E-state index contributed by atoms with van der Waals surface area (Å²) in [5.41, 5.74) is 2.42. The van der Waals surface area contributed by atoms with Crippen LogP contribution in [0.25, 0.3) is 5.69 Å². The normalized spacial score (nSPS) is 21.5. The molecule has 0 saturated carbocycles. The van der Waals surface area contributed by atoms with Crippen LogP contribution in [-0.2, 0) is 15.9 Å². The van der Waals surface area contributed by atoms with Crippen LogP contribution in [0.3, 0.4) is 0 Å². The van der Waals surface area contributed by atoms with Crippen LogP contribution in [0.5, 0.6) is 0 Å². The second-order valence-corrected chi connectivity index (χ2v) is 10.6. The van der Waals surface area contributed by atoms with Gasteiger partial charge in [0.1, 0.15) is 0 Å². The molecular weight excluding hydrogens is 443 g/mol. The summed E-state index contributed by atoms with van der Waals surface area (Å²) in [7, 11) is -0.450. The molecule has 10 heteroatoms. The number of nitrogens with zero attached hydrogens (tertiary/aromatic N) is 6. The van der Waals surface area contributed by atoms with E-state index in [9.17, 15) is 4.79 Å². The summed E-state index contributed by atoms with van der Waals surface area (Å²) in [6, 6.07) is 5.86. The number of rotatable bonds is 5. The molecule has 9 nitrogen and oxygen atoms in total. The number of amides is 1. The number of hydrogen-bond donors (Lipinski definition) is 0. The van der Waals surface area contributed by atoms with E-state index >= 15 is 0 Å². The van der Waals surface area contributed by atoms with Crippen LogP contribution in [0.2, 0.25) is 0 Å². The highest BCUT2D eigenvalue weighted by Crippen LogP contribution is 2.36. The minimum atomic E-state index is -0.450. The van der Waals surface area contributed by atoms with Gasteiger partial charge in [-0.15, -0.1) is 0 Å². The van der Waals surface area contributed by atoms with Crippen LogP contribution in [0, 0.1) is 6.92 Å². The summed E-state index contributed by atoms with van der Waals surface area (Å²) < 4.78 is 14.3. The molecule has 0 unspecified atom stereocenters. The van der Waals surface area contributed by atoms with E-state index < -0.39 is 18.3 Å². The average Bonchev–Trinajstić information content (AvgIpc) is 3.54. The highest BCUT2D eigenvalue weighted by Gasteiger charge is 2.52. The second kappa shape index (κ2) is 8.91. The van der Waals surface area contributed by atoms with E-state index in [0.717, 1.165) is 36.8 Å². The summed E-state index contributed by atoms with van der Waals surface area (Å²) in [6.07, 6.45) is 10.0. The van der Waals surface area contributed by atoms with Gasteiger partial charge < -0.3 is 14.2 Å². The smallest absolute Gasteiger partial charge is 0.399 e. The molecule has 0 aliphatic carbocycles. The summed E-state index contributed by atoms with van der Waals surface area (Å²) in [5.74, 6) is 0.00374. The third-order valence-electron chi connectivity index (χ3n) is 7.48. The summed E-state index contributed by atoms with van der Waals surface area (Å²) in [4.78, 5) is 17.3. The lowest BCUT2D eigenvalue weighted by Gasteiger charge is -2.36. The Morgan fingerprint density at radius 2 is 1.80 bits per heavy atom. The van der Waals surface area contributed by atoms with Crippen LogP contribution in [0.1, 0.15) is 62.9 Å². The Hall–Kier alpha value is -2.98. The maximum Gasteiger partial charge on any atom is 0.498 e. The van der Waals surface area contributed by atoms with Gasteiger partial charge >= 0.3 is 7.12 Å². The highest BCUT2D eigenvalue weighted by atomic mass is 16.7. The van der Waals surface area contributed by atoms with Gasteiger partial charge in [0, 0.05) is 24.4 Å². The zero-order valence-electron chi connectivity index (χ0n) is 21.1. The second-order valence-electron chi connectivity index (χ2n) is 10.6. The topological polar surface area (TPSA) is 87.3 Å². The first-order valence-electron chi connectivity index (χ1n) is 12.3. The molecule has 2 aliphatic heterocycles. The maximum absolute atomic E-state index is 13.8. The van der Waals surface area contributed by atoms with Crippen molar-refractivity contribution in [3.05, 3.63) is 54.1 Å². The van der Waals surface area contributed by atoms with Crippen molar-refractivity contribution >= 4 is 18.5 Å². The fraction of sp³-hybridized carbons (Fsp3) is 0.520. The number of likely N-dealkylation sites (tertiary alicyclic amines) is 1. The molecule has 4 heterocycles. The van der Waals surface area contributed by atoms with Crippen molar-refractivity contribution < 1.29 is 14.1 Å². The molecule has 1 aromatic carbocycles. The number of piperidine rings is 1. The molecule has 35 heavy (non-hydrogen) atoms. The van der Waals surface area contributed by atoms with E-state index in [-0.39, 0.29) is 11.9 Å². The molecule has 2 saturated heterocycles. The van der Waals surface area contributed by atoms with Crippen LogP contribution < -0.4 is 5.46 Å². The standard InChI is InChI=1S/C25H33BN6O3/c1-18-9-10-22(32-27-11-12-28-32)21(14-18)23(33)31-13-7-6-8-20(31)17-30-16-19(15-29-30)26-34-24(2,3)25(4,5)35-26/h9-12,14-16,20H,6-8,13,17H2,1-5H3/t20-/m0/s1. The Bertz CT molecular complexity index is 1190. The monoisotopic (exact) mass is 476 g/mol. The number of carbonyl (C=O) groups is 1.